The summed E-state index contributed by atoms with van der Waals surface area (Å²) in [6.07, 6.45) is 21.3. The van der Waals surface area contributed by atoms with E-state index < -0.39 is 0 Å². The van der Waals surface area contributed by atoms with Crippen LogP contribution in [0.25, 0.3) is 6.08 Å². The van der Waals surface area contributed by atoms with Crippen LogP contribution in [0.3, 0.4) is 0 Å². The quantitative estimate of drug-likeness (QED) is 0.164. The monoisotopic (exact) mass is 586 g/mol. The van der Waals surface area contributed by atoms with Gasteiger partial charge in [0.25, 0.3) is 0 Å². The highest BCUT2D eigenvalue weighted by atomic mass is 16.5. The first-order chi connectivity index (χ1) is 20.5. The van der Waals surface area contributed by atoms with Crippen LogP contribution in [-0.2, 0) is 9.53 Å². The summed E-state index contributed by atoms with van der Waals surface area (Å²) in [5.41, 5.74) is 4.64. The van der Waals surface area contributed by atoms with Crippen LogP contribution in [0.1, 0.15) is 92.1 Å². The molecule has 0 heterocycles. The Kier molecular flexibility index (Phi) is 9.35. The topological polar surface area (TPSA) is 44.8 Å². The van der Waals surface area contributed by atoms with Gasteiger partial charge in [-0.3, -0.25) is 0 Å². The van der Waals surface area contributed by atoms with Gasteiger partial charge in [0.15, 0.2) is 11.5 Å². The zero-order valence-electron chi connectivity index (χ0n) is 27.8. The lowest BCUT2D eigenvalue weighted by Crippen LogP contribution is -2.46. The molecule has 1 aromatic rings. The Morgan fingerprint density at radius 1 is 0.907 bits per heavy atom. The molecular formula is C39H54O4. The lowest BCUT2D eigenvalue weighted by atomic mass is 9.50. The van der Waals surface area contributed by atoms with Crippen LogP contribution >= 0.6 is 0 Å². The first kappa shape index (κ1) is 31.7. The maximum Gasteiger partial charge on any atom is 0.331 e. The normalized spacial score (nSPS) is 33.3. The van der Waals surface area contributed by atoms with Crippen molar-refractivity contribution in [2.45, 2.75) is 92.6 Å². The summed E-state index contributed by atoms with van der Waals surface area (Å²) in [4.78, 5) is 12.8. The Morgan fingerprint density at radius 2 is 1.67 bits per heavy atom. The second kappa shape index (κ2) is 12.7. The van der Waals surface area contributed by atoms with Gasteiger partial charge >= 0.3 is 5.97 Å². The lowest BCUT2D eigenvalue weighted by molar-refractivity contribution is -0.144. The van der Waals surface area contributed by atoms with Crippen LogP contribution in [0, 0.1) is 46.3 Å². The minimum absolute atomic E-state index is 0.0672. The number of hydrogen-bond acceptors (Lipinski definition) is 4. The van der Waals surface area contributed by atoms with Crippen molar-refractivity contribution in [3.63, 3.8) is 0 Å². The van der Waals surface area contributed by atoms with Crippen molar-refractivity contribution in [3.05, 3.63) is 65.3 Å². The maximum absolute atomic E-state index is 12.8. The van der Waals surface area contributed by atoms with Crippen LogP contribution in [0.2, 0.25) is 0 Å². The third kappa shape index (κ3) is 6.13. The highest BCUT2D eigenvalue weighted by molar-refractivity contribution is 5.87. The minimum Gasteiger partial charge on any atom is -0.493 e. The van der Waals surface area contributed by atoms with Gasteiger partial charge in [-0.1, -0.05) is 83.1 Å². The largest absolute Gasteiger partial charge is 0.493 e. The number of ether oxygens (including phenoxy) is 3. The van der Waals surface area contributed by atoms with Crippen LogP contribution in [-0.4, -0.2) is 26.3 Å². The SMILES string of the molecule is COc1ccc(C=CC(=O)O[C@H]2CC[C@@]3(C)C(=CC=C4C3CC[C@@]3(C)C4CC[C@@H]3[C@H](C)C=C[C@H](C)C(C)C)C2)cc1OC. The van der Waals surface area contributed by atoms with Crippen molar-refractivity contribution in [1.82, 2.24) is 0 Å². The number of fused-ring (bicyclic) bond motifs is 5. The van der Waals surface area contributed by atoms with E-state index in [1.165, 1.54) is 37.3 Å². The molecule has 3 saturated carbocycles. The zero-order valence-corrected chi connectivity index (χ0v) is 27.8. The van der Waals surface area contributed by atoms with E-state index in [0.29, 0.717) is 46.5 Å². The van der Waals surface area contributed by atoms with Gasteiger partial charge in [-0.25, -0.2) is 4.79 Å². The third-order valence-electron chi connectivity index (χ3n) is 12.1. The summed E-state index contributed by atoms with van der Waals surface area (Å²) in [6, 6.07) is 5.60. The summed E-state index contributed by atoms with van der Waals surface area (Å²) in [6.45, 7) is 14.6. The molecule has 8 atom stereocenters. The molecule has 43 heavy (non-hydrogen) atoms. The van der Waals surface area contributed by atoms with Crippen LogP contribution in [0.4, 0.5) is 0 Å². The van der Waals surface area contributed by atoms with Gasteiger partial charge < -0.3 is 14.2 Å². The summed E-state index contributed by atoms with van der Waals surface area (Å²) in [5.74, 6) is 5.06. The van der Waals surface area contributed by atoms with Gasteiger partial charge in [-0.15, -0.1) is 0 Å². The summed E-state index contributed by atoms with van der Waals surface area (Å²) >= 11 is 0. The molecule has 5 rings (SSSR count). The van der Waals surface area contributed by atoms with E-state index in [9.17, 15) is 4.79 Å². The third-order valence-corrected chi connectivity index (χ3v) is 12.1. The van der Waals surface area contributed by atoms with Crippen LogP contribution in [0.15, 0.2) is 59.7 Å². The Hall–Kier alpha value is -2.75. The fraction of sp³-hybridized carbons (Fsp3) is 0.615. The van der Waals surface area contributed by atoms with E-state index in [1.54, 1.807) is 25.9 Å². The standard InChI is InChI=1S/C39H54O4/c1-25(2)26(3)9-10-27(4)32-15-16-33-31-14-13-29-24-30(19-21-38(29,5)34(31)20-22-39(32,33)6)43-37(40)18-12-28-11-17-35(41-7)36(23-28)42-8/h9-14,17-18,23,25-27,30,32-34H,15-16,19-22,24H2,1-8H3/t26-,27+,30-,32+,33?,34?,38-,39+/m0/s1. The Labute approximate surface area is 260 Å². The minimum atomic E-state index is -0.285. The number of benzene rings is 1. The maximum atomic E-state index is 12.8. The molecule has 0 amide bonds. The summed E-state index contributed by atoms with van der Waals surface area (Å²) in [5, 5.41) is 0. The van der Waals surface area contributed by atoms with Gasteiger partial charge in [-0.2, -0.15) is 0 Å². The van der Waals surface area contributed by atoms with E-state index in [-0.39, 0.29) is 17.5 Å². The van der Waals surface area contributed by atoms with E-state index in [1.807, 2.05) is 18.2 Å². The summed E-state index contributed by atoms with van der Waals surface area (Å²) in [7, 11) is 3.22. The van der Waals surface area contributed by atoms with Crippen molar-refractivity contribution < 1.29 is 19.0 Å². The molecule has 0 aromatic heterocycles. The Morgan fingerprint density at radius 3 is 2.40 bits per heavy atom. The predicted octanol–water partition coefficient (Wildman–Crippen LogP) is 9.61. The fourth-order valence-corrected chi connectivity index (χ4v) is 9.01. The molecule has 4 aliphatic rings. The molecular weight excluding hydrogens is 532 g/mol. The first-order valence-corrected chi connectivity index (χ1v) is 16.7. The smallest absolute Gasteiger partial charge is 0.331 e. The van der Waals surface area contributed by atoms with Gasteiger partial charge in [0.05, 0.1) is 14.2 Å². The van der Waals surface area contributed by atoms with Crippen LogP contribution < -0.4 is 9.47 Å². The molecule has 0 N–H and O–H groups in total. The molecule has 0 radical (unpaired) electrons. The van der Waals surface area contributed by atoms with E-state index in [0.717, 1.165) is 30.7 Å². The number of methoxy groups -OCH3 is 2. The van der Waals surface area contributed by atoms with Gasteiger partial charge in [0.2, 0.25) is 0 Å². The van der Waals surface area contributed by atoms with Crippen molar-refractivity contribution in [3.8, 4) is 11.5 Å². The average Bonchev–Trinajstić information content (AvgIpc) is 3.35. The molecule has 0 aliphatic heterocycles. The number of allylic oxidation sites excluding steroid dienone is 5. The average molecular weight is 587 g/mol. The molecule has 2 unspecified atom stereocenters. The zero-order chi connectivity index (χ0) is 30.9. The number of carbonyl (C=O) groups is 1. The molecule has 4 heteroatoms. The molecule has 1 aromatic carbocycles. The van der Waals surface area contributed by atoms with E-state index in [2.05, 4.69) is 65.8 Å². The molecule has 0 spiro atoms. The fourth-order valence-electron chi connectivity index (χ4n) is 9.01. The van der Waals surface area contributed by atoms with Crippen LogP contribution in [0.5, 0.6) is 11.5 Å². The number of rotatable bonds is 9. The van der Waals surface area contributed by atoms with Gasteiger partial charge in [0, 0.05) is 12.5 Å². The molecule has 3 fully saturated rings. The van der Waals surface area contributed by atoms with Gasteiger partial charge in [0.1, 0.15) is 6.10 Å². The Balaban J connectivity index is 1.25. The van der Waals surface area contributed by atoms with Crippen molar-refractivity contribution in [2.24, 2.45) is 46.3 Å². The molecule has 0 bridgehead atoms. The first-order valence-electron chi connectivity index (χ1n) is 16.7. The molecule has 4 aliphatic carbocycles. The summed E-state index contributed by atoms with van der Waals surface area (Å²) < 4.78 is 16.7. The van der Waals surface area contributed by atoms with Crippen molar-refractivity contribution >= 4 is 12.0 Å². The predicted molar refractivity (Wildman–Crippen MR) is 176 cm³/mol. The highest BCUT2D eigenvalue weighted by Gasteiger charge is 2.57. The molecule has 234 valence electrons. The van der Waals surface area contributed by atoms with Crippen molar-refractivity contribution in [1.29, 1.82) is 0 Å². The highest BCUT2D eigenvalue weighted by Crippen LogP contribution is 2.66. The van der Waals surface area contributed by atoms with E-state index >= 15 is 0 Å². The Bertz CT molecular complexity index is 1300. The number of hydrogen-bond donors (Lipinski definition) is 0. The second-order valence-corrected chi connectivity index (χ2v) is 14.7. The number of esters is 1. The number of carbonyl (C=O) groups excluding carboxylic acids is 1. The second-order valence-electron chi connectivity index (χ2n) is 14.7. The van der Waals surface area contributed by atoms with Crippen molar-refractivity contribution in [2.75, 3.05) is 14.2 Å². The molecule has 0 saturated heterocycles. The van der Waals surface area contributed by atoms with Gasteiger partial charge in [-0.05, 0) is 109 Å². The van der Waals surface area contributed by atoms with E-state index in [4.69, 9.17) is 14.2 Å². The molecule has 4 nitrogen and oxygen atoms in total. The lowest BCUT2D eigenvalue weighted by Gasteiger charge is -2.55.